The lowest BCUT2D eigenvalue weighted by atomic mass is 9.60. The van der Waals surface area contributed by atoms with Crippen LogP contribution in [0.25, 0.3) is 0 Å². The summed E-state index contributed by atoms with van der Waals surface area (Å²) in [5, 5.41) is 14.2. The van der Waals surface area contributed by atoms with Crippen molar-refractivity contribution in [3.8, 4) is 0 Å². The Morgan fingerprint density at radius 2 is 2.07 bits per heavy atom. The lowest BCUT2D eigenvalue weighted by Crippen LogP contribution is -2.64. The number of hydrogen-bond donors (Lipinski definition) is 1. The number of ether oxygens (including phenoxy) is 1. The lowest BCUT2D eigenvalue weighted by Gasteiger charge is -2.57. The standard InChI is InChI=1S/C22H33N3O4/c1-4-13-24(18-14-19(29-5-2)22(18)11-6-7-12-22)15-20(26)23-21-16(3)9-8-10-17(21)25(27)28/h8-10,18-19H,4-7,11-15H2,1-3H3,(H,23,26)/t18-,19-/m1/s1. The summed E-state index contributed by atoms with van der Waals surface area (Å²) in [5.41, 5.74) is 1.10. The average Bonchev–Trinajstić information content (AvgIpc) is 3.19. The number of nitrogens with one attached hydrogen (secondary N) is 1. The first kappa shape index (κ1) is 21.7. The van der Waals surface area contributed by atoms with E-state index in [1.807, 2.05) is 6.92 Å². The smallest absolute Gasteiger partial charge is 0.293 e. The summed E-state index contributed by atoms with van der Waals surface area (Å²) in [6, 6.07) is 5.19. The fourth-order valence-corrected chi connectivity index (χ4v) is 5.33. The number of carbonyl (C=O) groups excluding carboxylic acids is 1. The zero-order valence-electron chi connectivity index (χ0n) is 17.8. The lowest BCUT2D eigenvalue weighted by molar-refractivity contribution is -0.384. The number of rotatable bonds is 9. The minimum atomic E-state index is -0.446. The van der Waals surface area contributed by atoms with E-state index in [4.69, 9.17) is 4.74 Å². The molecule has 0 saturated heterocycles. The molecule has 0 unspecified atom stereocenters. The van der Waals surface area contributed by atoms with Crippen LogP contribution in [0.5, 0.6) is 0 Å². The molecule has 29 heavy (non-hydrogen) atoms. The first-order valence-corrected chi connectivity index (χ1v) is 10.8. The summed E-state index contributed by atoms with van der Waals surface area (Å²) >= 11 is 0. The molecule has 1 aromatic rings. The molecule has 1 spiro atoms. The molecule has 0 bridgehead atoms. The molecule has 2 saturated carbocycles. The molecule has 2 atom stereocenters. The predicted molar refractivity (Wildman–Crippen MR) is 113 cm³/mol. The third-order valence-electron chi connectivity index (χ3n) is 6.65. The van der Waals surface area contributed by atoms with Gasteiger partial charge in [-0.05, 0) is 51.6 Å². The molecular formula is C22H33N3O4. The highest BCUT2D eigenvalue weighted by Gasteiger charge is 2.58. The van der Waals surface area contributed by atoms with Gasteiger partial charge in [-0.15, -0.1) is 0 Å². The molecular weight excluding hydrogens is 370 g/mol. The quantitative estimate of drug-likeness (QED) is 0.491. The van der Waals surface area contributed by atoms with Gasteiger partial charge in [-0.25, -0.2) is 0 Å². The van der Waals surface area contributed by atoms with E-state index < -0.39 is 4.92 Å². The van der Waals surface area contributed by atoms with E-state index in [-0.39, 0.29) is 23.6 Å². The molecule has 0 heterocycles. The van der Waals surface area contributed by atoms with Crippen molar-refractivity contribution in [2.45, 2.75) is 71.4 Å². The maximum atomic E-state index is 12.9. The van der Waals surface area contributed by atoms with Gasteiger partial charge in [-0.1, -0.05) is 31.9 Å². The monoisotopic (exact) mass is 403 g/mol. The second-order valence-corrected chi connectivity index (χ2v) is 8.38. The van der Waals surface area contributed by atoms with Crippen LogP contribution in [0.2, 0.25) is 0 Å². The van der Waals surface area contributed by atoms with Crippen LogP contribution in [0.3, 0.4) is 0 Å². The Kier molecular flexibility index (Phi) is 6.90. The van der Waals surface area contributed by atoms with E-state index in [0.717, 1.165) is 38.8 Å². The fraction of sp³-hybridized carbons (Fsp3) is 0.682. The molecule has 1 N–H and O–H groups in total. The summed E-state index contributed by atoms with van der Waals surface area (Å²) in [6.07, 6.45) is 6.99. The number of para-hydroxylation sites is 1. The van der Waals surface area contributed by atoms with Gasteiger partial charge in [0.05, 0.1) is 17.6 Å². The van der Waals surface area contributed by atoms with Crippen LogP contribution in [0.15, 0.2) is 18.2 Å². The average molecular weight is 404 g/mol. The molecule has 7 nitrogen and oxygen atoms in total. The van der Waals surface area contributed by atoms with Gasteiger partial charge in [-0.2, -0.15) is 0 Å². The number of nitrogens with zero attached hydrogens (tertiary/aromatic N) is 2. The van der Waals surface area contributed by atoms with Crippen molar-refractivity contribution >= 4 is 17.3 Å². The van der Waals surface area contributed by atoms with E-state index in [1.165, 1.54) is 18.9 Å². The number of nitro groups is 1. The second-order valence-electron chi connectivity index (χ2n) is 8.38. The molecule has 2 fully saturated rings. The summed E-state index contributed by atoms with van der Waals surface area (Å²) in [4.78, 5) is 26.0. The van der Waals surface area contributed by atoms with Gasteiger partial charge in [0.25, 0.3) is 5.69 Å². The van der Waals surface area contributed by atoms with Crippen molar-refractivity contribution in [1.29, 1.82) is 0 Å². The number of amides is 1. The highest BCUT2D eigenvalue weighted by Crippen LogP contribution is 2.56. The Morgan fingerprint density at radius 3 is 2.69 bits per heavy atom. The van der Waals surface area contributed by atoms with Crippen molar-refractivity contribution in [2.24, 2.45) is 5.41 Å². The molecule has 7 heteroatoms. The summed E-state index contributed by atoms with van der Waals surface area (Å²) in [7, 11) is 0. The molecule has 0 radical (unpaired) electrons. The zero-order valence-corrected chi connectivity index (χ0v) is 17.8. The third-order valence-corrected chi connectivity index (χ3v) is 6.65. The first-order valence-electron chi connectivity index (χ1n) is 10.8. The Morgan fingerprint density at radius 1 is 1.34 bits per heavy atom. The Labute approximate surface area is 172 Å². The summed E-state index contributed by atoms with van der Waals surface area (Å²) < 4.78 is 6.03. The van der Waals surface area contributed by atoms with Crippen molar-refractivity contribution in [3.05, 3.63) is 33.9 Å². The Hall–Kier alpha value is -1.99. The van der Waals surface area contributed by atoms with Gasteiger partial charge >= 0.3 is 0 Å². The van der Waals surface area contributed by atoms with E-state index in [1.54, 1.807) is 19.1 Å². The maximum Gasteiger partial charge on any atom is 0.293 e. The van der Waals surface area contributed by atoms with Crippen LogP contribution >= 0.6 is 0 Å². The first-order chi connectivity index (χ1) is 13.9. The van der Waals surface area contributed by atoms with Crippen LogP contribution < -0.4 is 5.32 Å². The molecule has 2 aliphatic carbocycles. The van der Waals surface area contributed by atoms with Crippen molar-refractivity contribution in [1.82, 2.24) is 4.90 Å². The highest BCUT2D eigenvalue weighted by atomic mass is 16.6. The van der Waals surface area contributed by atoms with Crippen LogP contribution in [-0.4, -0.2) is 47.6 Å². The fourth-order valence-electron chi connectivity index (χ4n) is 5.33. The van der Waals surface area contributed by atoms with Gasteiger partial charge in [-0.3, -0.25) is 19.8 Å². The number of anilines is 1. The number of aryl methyl sites for hydroxylation is 1. The molecule has 1 aromatic carbocycles. The van der Waals surface area contributed by atoms with Crippen LogP contribution in [0, 0.1) is 22.5 Å². The second kappa shape index (κ2) is 9.22. The van der Waals surface area contributed by atoms with Crippen molar-refractivity contribution in [3.63, 3.8) is 0 Å². The van der Waals surface area contributed by atoms with Crippen LogP contribution in [0.1, 0.15) is 57.9 Å². The van der Waals surface area contributed by atoms with E-state index in [0.29, 0.717) is 23.4 Å². The molecule has 1 amide bonds. The molecule has 2 aliphatic rings. The van der Waals surface area contributed by atoms with Gasteiger partial charge in [0.1, 0.15) is 5.69 Å². The molecule has 0 aliphatic heterocycles. The summed E-state index contributed by atoms with van der Waals surface area (Å²) in [5.74, 6) is -0.191. The Balaban J connectivity index is 1.73. The minimum Gasteiger partial charge on any atom is -0.378 e. The highest BCUT2D eigenvalue weighted by molar-refractivity contribution is 5.95. The number of benzene rings is 1. The molecule has 160 valence electrons. The Bertz CT molecular complexity index is 746. The minimum absolute atomic E-state index is 0.0623. The van der Waals surface area contributed by atoms with Crippen molar-refractivity contribution < 1.29 is 14.5 Å². The third kappa shape index (κ3) is 4.31. The normalized spacial score (nSPS) is 22.6. The van der Waals surface area contributed by atoms with E-state index in [9.17, 15) is 14.9 Å². The zero-order chi connectivity index (χ0) is 21.0. The topological polar surface area (TPSA) is 84.7 Å². The van der Waals surface area contributed by atoms with Crippen molar-refractivity contribution in [2.75, 3.05) is 25.0 Å². The van der Waals surface area contributed by atoms with E-state index >= 15 is 0 Å². The number of carbonyl (C=O) groups is 1. The largest absolute Gasteiger partial charge is 0.378 e. The SMILES string of the molecule is CCCN(CC(=O)Nc1c(C)cccc1[N+](=O)[O-])[C@@H]1C[C@@H](OCC)C12CCCC2. The maximum absolute atomic E-state index is 12.9. The predicted octanol–water partition coefficient (Wildman–Crippen LogP) is 4.29. The molecule has 0 aromatic heterocycles. The van der Waals surface area contributed by atoms with E-state index in [2.05, 4.69) is 17.1 Å². The van der Waals surface area contributed by atoms with Gasteiger partial charge in [0, 0.05) is 24.1 Å². The van der Waals surface area contributed by atoms with Gasteiger partial charge < -0.3 is 10.1 Å². The van der Waals surface area contributed by atoms with Gasteiger partial charge in [0.2, 0.25) is 5.91 Å². The number of nitro benzene ring substituents is 1. The van der Waals surface area contributed by atoms with Gasteiger partial charge in [0.15, 0.2) is 0 Å². The van der Waals surface area contributed by atoms with Crippen LogP contribution in [0.4, 0.5) is 11.4 Å². The van der Waals surface area contributed by atoms with Crippen LogP contribution in [-0.2, 0) is 9.53 Å². The number of hydrogen-bond acceptors (Lipinski definition) is 5. The summed E-state index contributed by atoms with van der Waals surface area (Å²) in [6.45, 7) is 7.77. The molecule has 3 rings (SSSR count).